The van der Waals surface area contributed by atoms with Crippen LogP contribution in [0.25, 0.3) is 22.9 Å². The number of aromatic nitrogens is 2. The molecule has 9 rings (SSSR count). The summed E-state index contributed by atoms with van der Waals surface area (Å²) in [7, 11) is 0. The van der Waals surface area contributed by atoms with Gasteiger partial charge in [0.1, 0.15) is 0 Å². The molecular formula is C33H21N9. The number of fused-ring (bicyclic) bond motifs is 11. The molecule has 0 unspecified atom stereocenters. The molecule has 0 fully saturated rings. The Morgan fingerprint density at radius 1 is 0.571 bits per heavy atom. The van der Waals surface area contributed by atoms with Crippen LogP contribution in [-0.2, 0) is 0 Å². The summed E-state index contributed by atoms with van der Waals surface area (Å²) in [5.41, 5.74) is 10.3. The van der Waals surface area contributed by atoms with Gasteiger partial charge in [-0.15, -0.1) is 0 Å². The van der Waals surface area contributed by atoms with E-state index in [-0.39, 0.29) is 0 Å². The van der Waals surface area contributed by atoms with Gasteiger partial charge >= 0.3 is 0 Å². The first kappa shape index (κ1) is 22.8. The predicted octanol–water partition coefficient (Wildman–Crippen LogP) is 5.07. The second-order valence-corrected chi connectivity index (χ2v) is 10.2. The van der Waals surface area contributed by atoms with Gasteiger partial charge in [0.05, 0.1) is 0 Å². The monoisotopic (exact) mass is 543 g/mol. The molecule has 198 valence electrons. The Morgan fingerprint density at radius 2 is 1.02 bits per heavy atom. The van der Waals surface area contributed by atoms with Gasteiger partial charge < -0.3 is 0 Å². The smallest absolute Gasteiger partial charge is 0.165 e. The molecule has 0 atom stereocenters. The van der Waals surface area contributed by atoms with Gasteiger partial charge in [-0.2, -0.15) is 0 Å². The highest BCUT2D eigenvalue weighted by Gasteiger charge is 2.30. The van der Waals surface area contributed by atoms with E-state index < -0.39 is 0 Å². The van der Waals surface area contributed by atoms with Gasteiger partial charge in [0.15, 0.2) is 46.0 Å². The molecule has 4 aliphatic heterocycles. The van der Waals surface area contributed by atoms with Crippen molar-refractivity contribution in [2.45, 2.75) is 6.92 Å². The molecule has 6 heterocycles. The van der Waals surface area contributed by atoms with E-state index in [1.165, 1.54) is 0 Å². The first-order valence-electron chi connectivity index (χ1n) is 13.7. The van der Waals surface area contributed by atoms with E-state index in [9.17, 15) is 0 Å². The lowest BCUT2D eigenvalue weighted by Crippen LogP contribution is -2.39. The summed E-state index contributed by atoms with van der Waals surface area (Å²) in [6, 6.07) is 24.2. The largest absolute Gasteiger partial charge is 0.224 e. The van der Waals surface area contributed by atoms with Crippen molar-refractivity contribution in [3.63, 3.8) is 0 Å². The molecule has 0 aliphatic carbocycles. The summed E-state index contributed by atoms with van der Waals surface area (Å²) in [6.45, 7) is 6.15. The molecule has 4 aliphatic rings. The molecule has 9 nitrogen and oxygen atoms in total. The number of nitrogens with one attached hydrogen (secondary N) is 1. The molecule has 6 bridgehead atoms. The average Bonchev–Trinajstić information content (AvgIpc) is 3.71. The highest BCUT2D eigenvalue weighted by atomic mass is 15.7. The molecule has 42 heavy (non-hydrogen) atoms. The van der Waals surface area contributed by atoms with Crippen molar-refractivity contribution in [3.05, 3.63) is 130 Å². The zero-order valence-electron chi connectivity index (χ0n) is 22.4. The van der Waals surface area contributed by atoms with E-state index in [4.69, 9.17) is 30.0 Å². The third-order valence-electron chi connectivity index (χ3n) is 7.85. The molecule has 0 saturated heterocycles. The Balaban J connectivity index is 1.55. The van der Waals surface area contributed by atoms with Crippen LogP contribution in [0.1, 0.15) is 40.3 Å². The third kappa shape index (κ3) is 2.96. The van der Waals surface area contributed by atoms with Gasteiger partial charge in [0.2, 0.25) is 0 Å². The van der Waals surface area contributed by atoms with Crippen LogP contribution in [0.3, 0.4) is 0 Å². The average molecular weight is 544 g/mol. The second kappa shape index (κ2) is 8.28. The SMILES string of the molecule is C=Cc1c(/C=C\C)c2n3c1N=C1N=C(N=c4c5ccccc5c(n4N3)=NC3=NC(=N2)c2ccccc23)c2ccccc21. The number of rotatable bonds is 2. The van der Waals surface area contributed by atoms with Crippen molar-refractivity contribution in [2.24, 2.45) is 30.0 Å². The Hall–Kier alpha value is -5.96. The van der Waals surface area contributed by atoms with Crippen LogP contribution in [-0.4, -0.2) is 32.7 Å². The molecular weight excluding hydrogens is 522 g/mol. The fourth-order valence-corrected chi connectivity index (χ4v) is 5.99. The number of aliphatic imine (C=N–C) groups is 4. The van der Waals surface area contributed by atoms with Gasteiger partial charge in [-0.25, -0.2) is 44.8 Å². The summed E-state index contributed by atoms with van der Waals surface area (Å²) in [4.78, 5) is 30.5. The second-order valence-electron chi connectivity index (χ2n) is 10.2. The highest BCUT2D eigenvalue weighted by Crippen LogP contribution is 2.39. The van der Waals surface area contributed by atoms with E-state index >= 15 is 0 Å². The maximum absolute atomic E-state index is 5.16. The first-order valence-corrected chi connectivity index (χ1v) is 13.7. The van der Waals surface area contributed by atoms with Crippen molar-refractivity contribution in [1.29, 1.82) is 0 Å². The van der Waals surface area contributed by atoms with Gasteiger partial charge in [-0.3, -0.25) is 0 Å². The summed E-state index contributed by atoms with van der Waals surface area (Å²) >= 11 is 0. The van der Waals surface area contributed by atoms with E-state index in [1.54, 1.807) is 0 Å². The van der Waals surface area contributed by atoms with Crippen LogP contribution >= 0.6 is 0 Å². The fraction of sp³-hybridized carbons (Fsp3) is 0.0303. The zero-order chi connectivity index (χ0) is 27.9. The molecule has 0 spiro atoms. The first-order chi connectivity index (χ1) is 20.7. The minimum atomic E-state index is 0.576. The maximum atomic E-state index is 5.16. The lowest BCUT2D eigenvalue weighted by Gasteiger charge is -2.15. The summed E-state index contributed by atoms with van der Waals surface area (Å²) in [5, 5.41) is 1.85. The number of amidine groups is 4. The van der Waals surface area contributed by atoms with Gasteiger partial charge in [0.25, 0.3) is 0 Å². The van der Waals surface area contributed by atoms with E-state index in [2.05, 4.69) is 24.2 Å². The normalized spacial score (nSPS) is 15.5. The van der Waals surface area contributed by atoms with Gasteiger partial charge in [-0.1, -0.05) is 97.6 Å². The van der Waals surface area contributed by atoms with Crippen LogP contribution in [0, 0.1) is 0 Å². The number of allylic oxidation sites excluding steroid dienone is 1. The van der Waals surface area contributed by atoms with Crippen molar-refractivity contribution < 1.29 is 0 Å². The number of hydrogen-bond acceptors (Lipinski definition) is 7. The van der Waals surface area contributed by atoms with Crippen LogP contribution in [0.2, 0.25) is 0 Å². The maximum Gasteiger partial charge on any atom is 0.165 e. The van der Waals surface area contributed by atoms with Crippen LogP contribution in [0.15, 0.2) is 115 Å². The summed E-state index contributed by atoms with van der Waals surface area (Å²) in [6.07, 6.45) is 5.82. The molecule has 9 heteroatoms. The van der Waals surface area contributed by atoms with Crippen LogP contribution in [0.4, 0.5) is 11.6 Å². The van der Waals surface area contributed by atoms with Crippen molar-refractivity contribution in [1.82, 2.24) is 9.35 Å². The van der Waals surface area contributed by atoms with Gasteiger partial charge in [-0.05, 0) is 6.92 Å². The third-order valence-corrected chi connectivity index (χ3v) is 7.85. The Kier molecular flexibility index (Phi) is 4.50. The number of benzene rings is 3. The molecule has 0 radical (unpaired) electrons. The lowest BCUT2D eigenvalue weighted by molar-refractivity contribution is 0.709. The standard InChI is InChI=1S/C33H21N9/c1-3-11-23-18(4-2)30-36-26-19-12-5-6-13-20(19)28(34-26)38-32-24-16-9-10-17-25(24)33-39-29-22-15-8-7-14-21(22)27(35-29)37-31(23)41(30)40-42(32)33/h3-17,40H,2H2,1H3/b11-3-,36-26?,36-30?,37-27?,37-31?,38-28?,38-32?,39-29?,39-33?. The summed E-state index contributed by atoms with van der Waals surface area (Å²) < 4.78 is 3.75. The molecule has 2 aromatic heterocycles. The van der Waals surface area contributed by atoms with Crippen LogP contribution in [0.5, 0.6) is 0 Å². The zero-order valence-corrected chi connectivity index (χ0v) is 22.4. The minimum absolute atomic E-state index is 0.576. The van der Waals surface area contributed by atoms with Crippen LogP contribution < -0.4 is 16.5 Å². The van der Waals surface area contributed by atoms with E-state index in [1.807, 2.05) is 95.2 Å². The molecule has 5 aromatic rings. The molecule has 1 N–H and O–H groups in total. The Morgan fingerprint density at radius 3 is 1.50 bits per heavy atom. The minimum Gasteiger partial charge on any atom is -0.224 e. The summed E-state index contributed by atoms with van der Waals surface area (Å²) in [5.74, 6) is 3.58. The fourth-order valence-electron chi connectivity index (χ4n) is 5.99. The predicted molar refractivity (Wildman–Crippen MR) is 167 cm³/mol. The molecule has 0 saturated carbocycles. The molecule has 0 amide bonds. The number of nitrogens with zero attached hydrogens (tertiary/aromatic N) is 8. The lowest BCUT2D eigenvalue weighted by atomic mass is 10.1. The van der Waals surface area contributed by atoms with Crippen molar-refractivity contribution in [3.8, 4) is 0 Å². The topological polar surface area (TPSA) is 96.0 Å². The van der Waals surface area contributed by atoms with E-state index in [0.29, 0.717) is 46.0 Å². The molecule has 3 aromatic carbocycles. The van der Waals surface area contributed by atoms with Crippen molar-refractivity contribution >= 4 is 57.9 Å². The quantitative estimate of drug-likeness (QED) is 0.331. The number of hydrogen-bond donors (Lipinski definition) is 1. The Bertz CT molecular complexity index is 2310. The van der Waals surface area contributed by atoms with Gasteiger partial charge in [0, 0.05) is 44.2 Å². The highest BCUT2D eigenvalue weighted by molar-refractivity contribution is 6.24. The van der Waals surface area contributed by atoms with E-state index in [0.717, 1.165) is 44.2 Å². The van der Waals surface area contributed by atoms with Crippen molar-refractivity contribution in [2.75, 3.05) is 5.53 Å². The Labute approximate surface area is 239 Å².